The molecule has 392 valence electrons. The molecule has 0 fully saturated rings. The number of hydrogen-bond donors (Lipinski definition) is 7. The normalized spacial score (nSPS) is 18.1. The minimum atomic E-state index is -5.03. The van der Waals surface area contributed by atoms with Gasteiger partial charge in [0.05, 0.1) is 38.8 Å². The summed E-state index contributed by atoms with van der Waals surface area (Å²) in [6.07, 6.45) is 9.19. The monoisotopic (exact) mass is 1120 g/mol. The van der Waals surface area contributed by atoms with Crippen LogP contribution in [0.1, 0.15) is 76.8 Å². The molecule has 0 saturated heterocycles. The third-order valence-electron chi connectivity index (χ3n) is 12.5. The van der Waals surface area contributed by atoms with E-state index < -0.39 is 93.6 Å². The van der Waals surface area contributed by atoms with E-state index in [1.54, 1.807) is 74.3 Å². The number of allylic oxidation sites excluding steroid dienone is 6. The van der Waals surface area contributed by atoms with E-state index in [4.69, 9.17) is 5.26 Å². The molecule has 22 nitrogen and oxygen atoms in total. The van der Waals surface area contributed by atoms with Gasteiger partial charge in [-0.05, 0) is 117 Å². The van der Waals surface area contributed by atoms with E-state index in [1.165, 1.54) is 12.1 Å². The number of hydrogen-bond acceptors (Lipinski definition) is 16. The Hall–Kier alpha value is -4.66. The van der Waals surface area contributed by atoms with Crippen LogP contribution >= 0.6 is 12.0 Å². The minimum absolute atomic E-state index is 0.0299. The maximum atomic E-state index is 12.6. The zero-order valence-electron chi connectivity index (χ0n) is 38.6. The highest BCUT2D eigenvalue weighted by molar-refractivity contribution is 7.95. The molecule has 0 spiro atoms. The number of benzene rings is 4. The van der Waals surface area contributed by atoms with Gasteiger partial charge in [-0.1, -0.05) is 29.3 Å². The number of nitrogens with zero attached hydrogens (tertiary/aromatic N) is 2. The van der Waals surface area contributed by atoms with Crippen LogP contribution in [0, 0.1) is 0 Å². The number of carboxylic acid groups (broad SMARTS) is 1. The molecule has 2 aliphatic heterocycles. The fourth-order valence-corrected chi connectivity index (χ4v) is 13.1. The summed E-state index contributed by atoms with van der Waals surface area (Å²) in [5.41, 5.74) is 0.429. The molecule has 0 bridgehead atoms. The van der Waals surface area contributed by atoms with Crippen molar-refractivity contribution in [2.45, 2.75) is 96.1 Å². The van der Waals surface area contributed by atoms with Crippen LogP contribution in [-0.2, 0) is 75.6 Å². The van der Waals surface area contributed by atoms with Gasteiger partial charge in [0.15, 0.2) is 5.71 Å². The van der Waals surface area contributed by atoms with Crippen LogP contribution in [0.15, 0.2) is 104 Å². The van der Waals surface area contributed by atoms with Gasteiger partial charge in [0.25, 0.3) is 50.6 Å². The summed E-state index contributed by atoms with van der Waals surface area (Å²) in [7, 11) is -23.9. The van der Waals surface area contributed by atoms with Crippen molar-refractivity contribution in [2.24, 2.45) is 0 Å². The highest BCUT2D eigenvalue weighted by Crippen LogP contribution is 2.54. The second-order valence-corrected chi connectivity index (χ2v) is 25.9. The lowest BCUT2D eigenvalue weighted by Crippen LogP contribution is -2.30. The minimum Gasteiger partial charge on any atom is -0.481 e. The van der Waals surface area contributed by atoms with Gasteiger partial charge >= 0.3 is 5.97 Å². The first kappa shape index (κ1) is 56.6. The van der Waals surface area contributed by atoms with Gasteiger partial charge in [-0.2, -0.15) is 46.7 Å². The van der Waals surface area contributed by atoms with Gasteiger partial charge in [-0.15, -0.1) is 4.33 Å². The topological polar surface area (TPSA) is 354 Å². The Balaban J connectivity index is 1.53. The van der Waals surface area contributed by atoms with E-state index in [2.05, 4.69) is 9.37 Å². The van der Waals surface area contributed by atoms with E-state index in [0.29, 0.717) is 83.2 Å². The Morgan fingerprint density at radius 3 is 1.90 bits per heavy atom. The standard InChI is InChI=1S/C44H50N2O20S6/c1-43(2)38(45(20-9-5-8-14-40(47)48)34-18-16-31-33(41(34)43)25-29(71(59,60)61)27-37(31)72(62,63)64)12-6-4-7-13-39-44(3,19-10-22-68(50,51)52)42-32-24-28(70(56,57)58)26-36(67-66-65-49)30(32)15-17-35(42)46(39)21-11-23-69(53,54)55/h4,6-7,12-13,15-18,24-27H,5,8-11,14,19-23H2,1-3H3,(H6-,47,48,49,50,51,52,53,54,55,56,57,58,59,60,61,62,63,64)/p+1. The van der Waals surface area contributed by atoms with Gasteiger partial charge < -0.3 is 10.0 Å². The third-order valence-corrected chi connectivity index (χ3v) is 17.3. The molecule has 4 aromatic rings. The highest BCUT2D eigenvalue weighted by Gasteiger charge is 2.47. The molecule has 0 amide bonds. The van der Waals surface area contributed by atoms with Gasteiger partial charge in [0.1, 0.15) is 11.4 Å². The number of carboxylic acids is 1. The van der Waals surface area contributed by atoms with Crippen LogP contribution in [0.5, 0.6) is 0 Å². The van der Waals surface area contributed by atoms with Crippen LogP contribution in [0.2, 0.25) is 0 Å². The Kier molecular flexibility index (Phi) is 16.7. The average Bonchev–Trinajstić information content (AvgIpc) is 3.62. The fraction of sp³-hybridized carbons (Fsp3) is 0.364. The Morgan fingerprint density at radius 1 is 0.694 bits per heavy atom. The SMILES string of the molecule is CC1(C)C(/C=C/C=C/C=C2/N(CCCS(=O)(=O)O)c3ccc4c(SOOO)cc(S(=O)(=O)O)cc4c3C2(C)CCCS(=O)(=O)O)=[N+](CCCCCC(=O)O)c2ccc3c(S(=O)(=O)O)cc(S(=O)(=O)O)cc3c21. The summed E-state index contributed by atoms with van der Waals surface area (Å²) in [4.78, 5) is 10.9. The molecular weight excluding hydrogens is 1070 g/mol. The zero-order chi connectivity index (χ0) is 53.4. The van der Waals surface area contributed by atoms with Crippen molar-refractivity contribution in [3.8, 4) is 0 Å². The summed E-state index contributed by atoms with van der Waals surface area (Å²) in [5.74, 6) is -2.32. The Labute approximate surface area is 420 Å². The van der Waals surface area contributed by atoms with Crippen LogP contribution in [0.4, 0.5) is 11.4 Å². The third kappa shape index (κ3) is 12.6. The predicted octanol–water partition coefficient (Wildman–Crippen LogP) is 6.90. The largest absolute Gasteiger partial charge is 0.481 e. The van der Waals surface area contributed by atoms with E-state index in [0.717, 1.165) is 12.1 Å². The number of aliphatic carboxylic acids is 1. The van der Waals surface area contributed by atoms with E-state index in [-0.39, 0.29) is 53.3 Å². The summed E-state index contributed by atoms with van der Waals surface area (Å²) in [5, 5.41) is 22.5. The van der Waals surface area contributed by atoms with Crippen molar-refractivity contribution in [1.82, 2.24) is 0 Å². The molecule has 6 rings (SSSR count). The molecule has 2 heterocycles. The smallest absolute Gasteiger partial charge is 0.303 e. The number of carbonyl (C=O) groups is 1. The van der Waals surface area contributed by atoms with Crippen molar-refractivity contribution in [3.63, 3.8) is 0 Å². The van der Waals surface area contributed by atoms with E-state index >= 15 is 0 Å². The van der Waals surface area contributed by atoms with Crippen molar-refractivity contribution in [1.29, 1.82) is 0 Å². The number of unbranched alkanes of at least 4 members (excludes halogenated alkanes) is 2. The Morgan fingerprint density at radius 2 is 1.31 bits per heavy atom. The van der Waals surface area contributed by atoms with Gasteiger partial charge in [-0.25, -0.2) is 5.26 Å². The molecule has 0 saturated carbocycles. The molecule has 1 unspecified atom stereocenters. The second kappa shape index (κ2) is 21.3. The summed E-state index contributed by atoms with van der Waals surface area (Å²) in [6, 6.07) is 10.2. The molecule has 0 aromatic heterocycles. The van der Waals surface area contributed by atoms with Crippen molar-refractivity contribution < 1.29 is 94.0 Å². The molecule has 28 heteroatoms. The first-order valence-electron chi connectivity index (χ1n) is 21.7. The summed E-state index contributed by atoms with van der Waals surface area (Å²) >= 11 is 0.405. The molecule has 1 atom stereocenters. The van der Waals surface area contributed by atoms with Crippen molar-refractivity contribution in [2.75, 3.05) is 29.5 Å². The van der Waals surface area contributed by atoms with Crippen LogP contribution in [0.3, 0.4) is 0 Å². The molecule has 0 radical (unpaired) electrons. The first-order chi connectivity index (χ1) is 33.3. The zero-order valence-corrected chi connectivity index (χ0v) is 43.5. The van der Waals surface area contributed by atoms with Crippen molar-refractivity contribution in [3.05, 3.63) is 95.7 Å². The first-order valence-corrected chi connectivity index (χ1v) is 30.0. The van der Waals surface area contributed by atoms with E-state index in [9.17, 15) is 74.8 Å². The molecule has 0 aliphatic carbocycles. The predicted molar refractivity (Wildman–Crippen MR) is 265 cm³/mol. The van der Waals surface area contributed by atoms with Gasteiger partial charge in [-0.3, -0.25) is 27.6 Å². The summed E-state index contributed by atoms with van der Waals surface area (Å²) in [6.45, 7) is 5.53. The average molecular weight is 1120 g/mol. The lowest BCUT2D eigenvalue weighted by Gasteiger charge is -2.31. The summed E-state index contributed by atoms with van der Waals surface area (Å²) < 4.78 is 180. The Bertz CT molecular complexity index is 3550. The van der Waals surface area contributed by atoms with Crippen LogP contribution in [0.25, 0.3) is 21.5 Å². The molecule has 7 N–H and O–H groups in total. The second-order valence-electron chi connectivity index (χ2n) is 17.8. The molecule has 4 aromatic carbocycles. The van der Waals surface area contributed by atoms with Crippen LogP contribution in [-0.4, -0.2) is 116 Å². The van der Waals surface area contributed by atoms with Gasteiger partial charge in [0, 0.05) is 64.2 Å². The van der Waals surface area contributed by atoms with Crippen LogP contribution < -0.4 is 4.90 Å². The number of fused-ring (bicyclic) bond motifs is 6. The quantitative estimate of drug-likeness (QED) is 0.00755. The highest BCUT2D eigenvalue weighted by atomic mass is 32.2. The number of anilines is 1. The van der Waals surface area contributed by atoms with Crippen molar-refractivity contribution >= 4 is 107 Å². The lowest BCUT2D eigenvalue weighted by molar-refractivity contribution is -0.438. The van der Waals surface area contributed by atoms with Gasteiger partial charge in [0.2, 0.25) is 5.69 Å². The molecule has 72 heavy (non-hydrogen) atoms. The number of rotatable bonds is 23. The van der Waals surface area contributed by atoms with E-state index in [1.807, 2.05) is 4.58 Å². The maximum absolute atomic E-state index is 12.6. The maximum Gasteiger partial charge on any atom is 0.303 e. The lowest BCUT2D eigenvalue weighted by atomic mass is 9.75. The molecule has 2 aliphatic rings. The fourth-order valence-electron chi connectivity index (χ4n) is 9.60. The molecular formula is C44H51N2O20S6+.